The number of alkyl halides is 3. The Kier molecular flexibility index (Phi) is 6.38. The lowest BCUT2D eigenvalue weighted by atomic mass is 10.0. The second-order valence-corrected chi connectivity index (χ2v) is 10.7. The van der Waals surface area contributed by atoms with E-state index >= 15 is 0 Å². The van der Waals surface area contributed by atoms with Crippen molar-refractivity contribution in [2.24, 2.45) is 0 Å². The molecule has 3 fully saturated rings. The van der Waals surface area contributed by atoms with Crippen LogP contribution in [-0.4, -0.2) is 72.8 Å². The lowest BCUT2D eigenvalue weighted by Crippen LogP contribution is -2.52. The molecule has 0 amide bonds. The molecule has 0 saturated carbocycles. The summed E-state index contributed by atoms with van der Waals surface area (Å²) in [6, 6.07) is 4.43. The number of aromatic nitrogens is 2. The number of hydrogen-bond acceptors (Lipinski definition) is 7. The molecule has 1 aromatic carbocycles. The van der Waals surface area contributed by atoms with Gasteiger partial charge in [-0.1, -0.05) is 6.07 Å². The summed E-state index contributed by atoms with van der Waals surface area (Å²) in [5.74, 6) is -0.0746. The molecular formula is C26H32F4N6O. The van der Waals surface area contributed by atoms with E-state index in [4.69, 9.17) is 9.72 Å². The second-order valence-electron chi connectivity index (χ2n) is 10.7. The largest absolute Gasteiger partial charge is 0.462 e. The lowest BCUT2D eigenvalue weighted by molar-refractivity contribution is -0.137. The topological polar surface area (TPSA) is 56.8 Å². The number of likely N-dealkylation sites (N-methyl/N-ethyl adjacent to an activating group) is 1. The first-order chi connectivity index (χ1) is 17.8. The summed E-state index contributed by atoms with van der Waals surface area (Å²) in [4.78, 5) is 15.5. The number of halogens is 4. The summed E-state index contributed by atoms with van der Waals surface area (Å²) in [6.07, 6.45) is 0.165. The van der Waals surface area contributed by atoms with Gasteiger partial charge in [0.15, 0.2) is 0 Å². The first-order valence-electron chi connectivity index (χ1n) is 13.1. The highest BCUT2D eigenvalue weighted by molar-refractivity contribution is 5.60. The van der Waals surface area contributed by atoms with Crippen LogP contribution >= 0.6 is 0 Å². The van der Waals surface area contributed by atoms with Crippen LogP contribution in [0.5, 0.6) is 6.01 Å². The summed E-state index contributed by atoms with van der Waals surface area (Å²) >= 11 is 0. The predicted octanol–water partition coefficient (Wildman–Crippen LogP) is 3.61. The van der Waals surface area contributed by atoms with E-state index in [9.17, 15) is 17.6 Å². The molecule has 0 radical (unpaired) electrons. The molecule has 0 unspecified atom stereocenters. The van der Waals surface area contributed by atoms with Crippen molar-refractivity contribution in [1.82, 2.24) is 20.2 Å². The molecule has 1 N–H and O–H groups in total. The molecule has 1 aromatic heterocycles. The van der Waals surface area contributed by atoms with Gasteiger partial charge in [0, 0.05) is 43.3 Å². The number of nitrogens with one attached hydrogen (secondary N) is 1. The van der Waals surface area contributed by atoms with Crippen molar-refractivity contribution in [3.8, 4) is 6.01 Å². The van der Waals surface area contributed by atoms with Gasteiger partial charge in [-0.3, -0.25) is 0 Å². The normalized spacial score (nSPS) is 26.0. The molecule has 37 heavy (non-hydrogen) atoms. The van der Waals surface area contributed by atoms with Gasteiger partial charge in [0.1, 0.15) is 18.2 Å². The van der Waals surface area contributed by atoms with E-state index in [1.54, 1.807) is 0 Å². The van der Waals surface area contributed by atoms with Gasteiger partial charge in [-0.25, -0.2) is 4.39 Å². The molecule has 5 heterocycles. The fourth-order valence-electron chi connectivity index (χ4n) is 6.30. The SMILES string of the molecule is CN1CCC[C@H]1COc1nc2c(c(N3C[C@H]4CC[C@@H](C3)N4)n1)CCN(c1c(F)cccc1C(F)(F)F)C2. The predicted molar refractivity (Wildman–Crippen MR) is 131 cm³/mol. The number of likely N-dealkylation sites (tertiary alicyclic amines) is 1. The van der Waals surface area contributed by atoms with E-state index in [0.717, 1.165) is 74.9 Å². The number of anilines is 2. The molecule has 4 aliphatic heterocycles. The molecular weight excluding hydrogens is 488 g/mol. The molecule has 2 aromatic rings. The number of ether oxygens (including phenoxy) is 1. The Balaban J connectivity index is 1.34. The fourth-order valence-corrected chi connectivity index (χ4v) is 6.30. The minimum atomic E-state index is -4.66. The Morgan fingerprint density at radius 1 is 1.05 bits per heavy atom. The van der Waals surface area contributed by atoms with Crippen molar-refractivity contribution in [1.29, 1.82) is 0 Å². The summed E-state index contributed by atoms with van der Waals surface area (Å²) < 4.78 is 62.1. The Labute approximate surface area is 213 Å². The minimum absolute atomic E-state index is 0.0630. The molecule has 11 heteroatoms. The quantitative estimate of drug-likeness (QED) is 0.605. The van der Waals surface area contributed by atoms with Crippen molar-refractivity contribution >= 4 is 11.5 Å². The molecule has 0 aliphatic carbocycles. The molecule has 2 bridgehead atoms. The van der Waals surface area contributed by atoms with Gasteiger partial charge in [0.2, 0.25) is 0 Å². The van der Waals surface area contributed by atoms with E-state index in [2.05, 4.69) is 27.1 Å². The molecule has 3 atom stereocenters. The zero-order valence-corrected chi connectivity index (χ0v) is 20.9. The second kappa shape index (κ2) is 9.58. The van der Waals surface area contributed by atoms with Crippen LogP contribution in [0.3, 0.4) is 0 Å². The average molecular weight is 521 g/mol. The summed E-state index contributed by atoms with van der Waals surface area (Å²) in [5, 5.41) is 3.63. The van der Waals surface area contributed by atoms with Crippen molar-refractivity contribution < 1.29 is 22.3 Å². The third kappa shape index (κ3) is 4.83. The molecule has 4 aliphatic rings. The van der Waals surface area contributed by atoms with Gasteiger partial charge in [-0.15, -0.1) is 0 Å². The average Bonchev–Trinajstić information content (AvgIpc) is 3.44. The monoisotopic (exact) mass is 520 g/mol. The Bertz CT molecular complexity index is 1150. The summed E-state index contributed by atoms with van der Waals surface area (Å²) in [6.45, 7) is 3.43. The molecule has 6 rings (SSSR count). The Morgan fingerprint density at radius 3 is 2.54 bits per heavy atom. The van der Waals surface area contributed by atoms with Crippen LogP contribution in [0, 0.1) is 5.82 Å². The number of rotatable bonds is 5. The number of fused-ring (bicyclic) bond motifs is 3. The molecule has 0 spiro atoms. The zero-order chi connectivity index (χ0) is 25.7. The maximum atomic E-state index is 14.8. The number of nitrogens with zero attached hydrogens (tertiary/aromatic N) is 5. The van der Waals surface area contributed by atoms with Gasteiger partial charge in [0.25, 0.3) is 0 Å². The summed E-state index contributed by atoms with van der Waals surface area (Å²) in [7, 11) is 2.07. The first kappa shape index (κ1) is 24.7. The van der Waals surface area contributed by atoms with E-state index in [1.807, 2.05) is 0 Å². The van der Waals surface area contributed by atoms with Crippen LogP contribution in [-0.2, 0) is 19.1 Å². The molecule has 3 saturated heterocycles. The highest BCUT2D eigenvalue weighted by Crippen LogP contribution is 2.40. The van der Waals surface area contributed by atoms with Crippen LogP contribution < -0.4 is 19.9 Å². The van der Waals surface area contributed by atoms with Gasteiger partial charge in [-0.05, 0) is 57.8 Å². The lowest BCUT2D eigenvalue weighted by Gasteiger charge is -2.38. The van der Waals surface area contributed by atoms with Crippen molar-refractivity contribution in [3.05, 3.63) is 40.8 Å². The van der Waals surface area contributed by atoms with Gasteiger partial charge < -0.3 is 24.8 Å². The van der Waals surface area contributed by atoms with Crippen LogP contribution in [0.1, 0.15) is 42.5 Å². The third-order valence-corrected chi connectivity index (χ3v) is 8.22. The number of para-hydroxylation sites is 1. The van der Waals surface area contributed by atoms with Gasteiger partial charge in [-0.2, -0.15) is 23.1 Å². The van der Waals surface area contributed by atoms with E-state index in [1.165, 1.54) is 4.90 Å². The van der Waals surface area contributed by atoms with Gasteiger partial charge >= 0.3 is 12.2 Å². The zero-order valence-electron chi connectivity index (χ0n) is 20.9. The first-order valence-corrected chi connectivity index (χ1v) is 13.1. The number of hydrogen-bond donors (Lipinski definition) is 1. The number of benzene rings is 1. The van der Waals surface area contributed by atoms with Crippen molar-refractivity contribution in [3.63, 3.8) is 0 Å². The van der Waals surface area contributed by atoms with Crippen LogP contribution in [0.25, 0.3) is 0 Å². The van der Waals surface area contributed by atoms with Crippen molar-refractivity contribution in [2.75, 3.05) is 49.6 Å². The smallest absolute Gasteiger partial charge is 0.418 e. The standard InChI is InChI=1S/C26H32F4N6O/c1-34-10-3-4-18(34)15-37-25-32-22-14-35(23-20(26(28,29)30)5-2-6-21(23)27)11-9-19(22)24(33-25)36-12-16-7-8-17(13-36)31-16/h2,5-6,16-18,31H,3-4,7-15H2,1H3/t16-,17+,18-/m0/s1. The molecule has 7 nitrogen and oxygen atoms in total. The van der Waals surface area contributed by atoms with Crippen LogP contribution in [0.15, 0.2) is 18.2 Å². The highest BCUT2D eigenvalue weighted by atomic mass is 19.4. The Morgan fingerprint density at radius 2 is 1.84 bits per heavy atom. The fraction of sp³-hybridized carbons (Fsp3) is 0.615. The van der Waals surface area contributed by atoms with Gasteiger partial charge in [0.05, 0.1) is 23.5 Å². The maximum absolute atomic E-state index is 14.8. The molecule has 200 valence electrons. The van der Waals surface area contributed by atoms with E-state index < -0.39 is 23.2 Å². The third-order valence-electron chi connectivity index (χ3n) is 8.22. The van der Waals surface area contributed by atoms with E-state index in [0.29, 0.717) is 30.8 Å². The Hall–Kier alpha value is -2.66. The van der Waals surface area contributed by atoms with Crippen LogP contribution in [0.2, 0.25) is 0 Å². The maximum Gasteiger partial charge on any atom is 0.418 e. The minimum Gasteiger partial charge on any atom is -0.462 e. The van der Waals surface area contributed by atoms with Crippen molar-refractivity contribution in [2.45, 2.75) is 63.0 Å². The summed E-state index contributed by atoms with van der Waals surface area (Å²) in [5.41, 5.74) is 0.141. The van der Waals surface area contributed by atoms with Crippen LogP contribution in [0.4, 0.5) is 29.1 Å². The van der Waals surface area contributed by atoms with E-state index in [-0.39, 0.29) is 25.1 Å². The number of piperazine rings is 1. The highest BCUT2D eigenvalue weighted by Gasteiger charge is 2.39.